The summed E-state index contributed by atoms with van der Waals surface area (Å²) in [6, 6.07) is 14.0. The maximum Gasteiger partial charge on any atom is 0.328 e. The number of amides is 1. The van der Waals surface area contributed by atoms with Gasteiger partial charge in [0.2, 0.25) is 6.79 Å². The average molecular weight is 641 g/mol. The van der Waals surface area contributed by atoms with E-state index in [0.717, 1.165) is 11.1 Å². The van der Waals surface area contributed by atoms with E-state index in [4.69, 9.17) is 28.4 Å². The number of aryl methyl sites for hydroxylation is 1. The Morgan fingerprint density at radius 2 is 1.70 bits per heavy atom. The van der Waals surface area contributed by atoms with E-state index in [2.05, 4.69) is 10.3 Å². The molecule has 0 saturated heterocycles. The van der Waals surface area contributed by atoms with Crippen molar-refractivity contribution in [1.29, 1.82) is 0 Å². The fraction of sp³-hybridized carbons (Fsp3) is 0.412. The monoisotopic (exact) mass is 640 g/mol. The molecule has 1 amide bonds. The minimum absolute atomic E-state index is 0.0657. The molecule has 1 aromatic heterocycles. The first kappa shape index (κ1) is 35.8. The predicted octanol–water partition coefficient (Wildman–Crippen LogP) is 4.83. The first-order valence-corrected chi connectivity index (χ1v) is 14.9. The van der Waals surface area contributed by atoms with Crippen LogP contribution < -0.4 is 19.5 Å². The molecule has 0 aliphatic heterocycles. The number of nitrogens with zero attached hydrogens (tertiary/aromatic N) is 1. The number of carbonyl (C=O) groups is 3. The van der Waals surface area contributed by atoms with Gasteiger partial charge in [0.15, 0.2) is 17.2 Å². The van der Waals surface area contributed by atoms with Gasteiger partial charge in [0.25, 0.3) is 5.91 Å². The number of benzene rings is 2. The van der Waals surface area contributed by atoms with Crippen molar-refractivity contribution in [1.82, 2.24) is 10.3 Å². The number of ether oxygens (including phenoxy) is 6. The zero-order valence-corrected chi connectivity index (χ0v) is 26.9. The summed E-state index contributed by atoms with van der Waals surface area (Å²) in [7, 11) is 1.38. The number of esters is 2. The van der Waals surface area contributed by atoms with Gasteiger partial charge < -0.3 is 33.7 Å². The Kier molecular flexibility index (Phi) is 13.8. The van der Waals surface area contributed by atoms with Gasteiger partial charge in [-0.1, -0.05) is 29.8 Å². The average Bonchev–Trinajstić information content (AvgIpc) is 3.03. The summed E-state index contributed by atoms with van der Waals surface area (Å²) in [5, 5.41) is 2.58. The molecule has 1 heterocycles. The van der Waals surface area contributed by atoms with Crippen LogP contribution in [0.2, 0.25) is 0 Å². The molecule has 248 valence electrons. The Bertz CT molecular complexity index is 1430. The molecule has 3 rings (SSSR count). The molecule has 0 bridgehead atoms. The molecule has 0 aliphatic carbocycles. The van der Waals surface area contributed by atoms with Crippen LogP contribution in [0.15, 0.2) is 60.8 Å². The predicted molar refractivity (Wildman–Crippen MR) is 166 cm³/mol. The summed E-state index contributed by atoms with van der Waals surface area (Å²) in [5.74, 6) is -2.09. The molecule has 0 unspecified atom stereocenters. The molecule has 1 N–H and O–H groups in total. The van der Waals surface area contributed by atoms with E-state index in [0.29, 0.717) is 18.8 Å². The number of halogens is 1. The zero-order chi connectivity index (χ0) is 33.6. The normalized spacial score (nSPS) is 13.5. The number of hydrogen-bond acceptors (Lipinski definition) is 10. The van der Waals surface area contributed by atoms with Crippen LogP contribution >= 0.6 is 0 Å². The van der Waals surface area contributed by atoms with Crippen LogP contribution in [0.3, 0.4) is 0 Å². The summed E-state index contributed by atoms with van der Waals surface area (Å²) in [6.45, 7) is 8.45. The molecule has 0 saturated carbocycles. The summed E-state index contributed by atoms with van der Waals surface area (Å²) >= 11 is 0. The minimum Gasteiger partial charge on any atom is -0.493 e. The topological polar surface area (TPSA) is 132 Å². The van der Waals surface area contributed by atoms with Crippen LogP contribution in [0.5, 0.6) is 17.2 Å². The Hall–Kier alpha value is -4.71. The van der Waals surface area contributed by atoms with Gasteiger partial charge in [0.05, 0.1) is 13.7 Å². The van der Waals surface area contributed by atoms with Gasteiger partial charge in [-0.2, -0.15) is 0 Å². The number of aromatic nitrogens is 1. The van der Waals surface area contributed by atoms with Gasteiger partial charge in [-0.3, -0.25) is 9.59 Å². The maximum absolute atomic E-state index is 13.7. The van der Waals surface area contributed by atoms with E-state index in [9.17, 15) is 18.8 Å². The van der Waals surface area contributed by atoms with Crippen molar-refractivity contribution in [3.05, 3.63) is 83.4 Å². The van der Waals surface area contributed by atoms with Gasteiger partial charge in [-0.25, -0.2) is 14.2 Å². The Morgan fingerprint density at radius 3 is 2.33 bits per heavy atom. The van der Waals surface area contributed by atoms with E-state index in [1.807, 2.05) is 38.1 Å². The van der Waals surface area contributed by atoms with Crippen LogP contribution in [0.1, 0.15) is 49.3 Å². The van der Waals surface area contributed by atoms with Crippen molar-refractivity contribution in [2.75, 3.05) is 27.1 Å². The van der Waals surface area contributed by atoms with Gasteiger partial charge in [-0.05, 0) is 63.9 Å². The smallest absolute Gasteiger partial charge is 0.328 e. The number of methoxy groups -OCH3 is 1. The second-order valence-electron chi connectivity index (χ2n) is 10.5. The highest BCUT2D eigenvalue weighted by Gasteiger charge is 2.33. The van der Waals surface area contributed by atoms with Crippen molar-refractivity contribution < 1.29 is 47.2 Å². The fourth-order valence-corrected chi connectivity index (χ4v) is 4.52. The molecule has 0 radical (unpaired) electrons. The van der Waals surface area contributed by atoms with Crippen molar-refractivity contribution in [2.24, 2.45) is 5.92 Å². The van der Waals surface area contributed by atoms with Crippen molar-refractivity contribution >= 4 is 17.8 Å². The van der Waals surface area contributed by atoms with Crippen LogP contribution in [-0.4, -0.2) is 68.2 Å². The lowest BCUT2D eigenvalue weighted by Gasteiger charge is -2.32. The van der Waals surface area contributed by atoms with Gasteiger partial charge in [-0.15, -0.1) is 0 Å². The first-order valence-electron chi connectivity index (χ1n) is 14.9. The highest BCUT2D eigenvalue weighted by atomic mass is 19.1. The molecule has 2 aromatic carbocycles. The largest absolute Gasteiger partial charge is 0.493 e. The number of carbonyl (C=O) groups excluding carboxylic acids is 3. The molecule has 12 heteroatoms. The van der Waals surface area contributed by atoms with E-state index in [1.54, 1.807) is 19.1 Å². The van der Waals surface area contributed by atoms with E-state index < -0.39 is 48.8 Å². The highest BCUT2D eigenvalue weighted by Crippen LogP contribution is 2.30. The van der Waals surface area contributed by atoms with Crippen LogP contribution in [0, 0.1) is 18.7 Å². The highest BCUT2D eigenvalue weighted by molar-refractivity contribution is 5.98. The fourth-order valence-electron chi connectivity index (χ4n) is 4.52. The molecule has 4 atom stereocenters. The second kappa shape index (κ2) is 17.7. The lowest BCUT2D eigenvalue weighted by atomic mass is 9.89. The Balaban J connectivity index is 1.79. The molecule has 11 nitrogen and oxygen atoms in total. The van der Waals surface area contributed by atoms with Crippen LogP contribution in [-0.2, 0) is 30.2 Å². The number of hydrogen-bond donors (Lipinski definition) is 1. The van der Waals surface area contributed by atoms with Crippen LogP contribution in [0.25, 0.3) is 0 Å². The standard InChI is InChI=1S/C34H41FN2O9/c1-7-42-19-30(46-27-14-8-21(2)9-15-27)28(18-25-10-12-26(35)13-11-25)23(4)45-34(40)22(3)37-33(39)31-32(44-20-43-24(5)38)29(41-6)16-17-36-31/h8-17,22-23,28,30H,7,18-20H2,1-6H3,(H,37,39)/t22-,23-,28-,30-/m0/s1. The molecule has 46 heavy (non-hydrogen) atoms. The number of nitrogens with one attached hydrogen (secondary N) is 1. The first-order chi connectivity index (χ1) is 22.0. The second-order valence-corrected chi connectivity index (χ2v) is 10.5. The van der Waals surface area contributed by atoms with E-state index in [-0.39, 0.29) is 29.6 Å². The third-order valence-electron chi connectivity index (χ3n) is 7.03. The summed E-state index contributed by atoms with van der Waals surface area (Å²) in [4.78, 5) is 41.7. The van der Waals surface area contributed by atoms with E-state index >= 15 is 0 Å². The third kappa shape index (κ3) is 10.7. The van der Waals surface area contributed by atoms with Crippen LogP contribution in [0.4, 0.5) is 4.39 Å². The zero-order valence-electron chi connectivity index (χ0n) is 26.9. The number of pyridine rings is 1. The van der Waals surface area contributed by atoms with Crippen molar-refractivity contribution in [3.63, 3.8) is 0 Å². The summed E-state index contributed by atoms with van der Waals surface area (Å²) in [5.41, 5.74) is 1.70. The van der Waals surface area contributed by atoms with Crippen molar-refractivity contribution in [3.8, 4) is 17.2 Å². The third-order valence-corrected chi connectivity index (χ3v) is 7.03. The summed E-state index contributed by atoms with van der Waals surface area (Å²) < 4.78 is 47.2. The van der Waals surface area contributed by atoms with Gasteiger partial charge in [0.1, 0.15) is 29.8 Å². The van der Waals surface area contributed by atoms with Gasteiger partial charge >= 0.3 is 11.9 Å². The number of rotatable bonds is 17. The van der Waals surface area contributed by atoms with E-state index in [1.165, 1.54) is 45.4 Å². The Morgan fingerprint density at radius 1 is 1.00 bits per heavy atom. The van der Waals surface area contributed by atoms with Crippen molar-refractivity contribution in [2.45, 2.75) is 59.3 Å². The molecule has 0 fully saturated rings. The maximum atomic E-state index is 13.7. The Labute approximate surface area is 268 Å². The SMILES string of the molecule is CCOC[C@H](Oc1ccc(C)cc1)[C@@H](Cc1ccc(F)cc1)[C@H](C)OC(=O)[C@H](C)NC(=O)c1nccc(OC)c1OCOC(C)=O. The molecule has 3 aromatic rings. The molecular weight excluding hydrogens is 599 g/mol. The lowest BCUT2D eigenvalue weighted by molar-refractivity contribution is -0.155. The quantitative estimate of drug-likeness (QED) is 0.162. The lowest BCUT2D eigenvalue weighted by Crippen LogP contribution is -2.45. The minimum atomic E-state index is -1.10. The summed E-state index contributed by atoms with van der Waals surface area (Å²) in [6.07, 6.45) is 0.462. The molecule has 0 spiro atoms. The molecular formula is C34H41FN2O9. The van der Waals surface area contributed by atoms with Gasteiger partial charge in [0, 0.05) is 31.7 Å². The molecule has 0 aliphatic rings.